The van der Waals surface area contributed by atoms with Gasteiger partial charge in [0.1, 0.15) is 17.1 Å². The van der Waals surface area contributed by atoms with Crippen LogP contribution in [0.15, 0.2) is 23.0 Å². The Morgan fingerprint density at radius 3 is 2.80 bits per heavy atom. The third-order valence-electron chi connectivity index (χ3n) is 3.97. The van der Waals surface area contributed by atoms with Crippen LogP contribution in [0.25, 0.3) is 22.4 Å². The number of nitrogens with zero attached hydrogens (tertiary/aromatic N) is 3. The number of aromatic nitrogens is 4. The largest absolute Gasteiger partial charge is 0.493 e. The molecule has 0 bridgehead atoms. The maximum Gasteiger partial charge on any atom is 0.277 e. The molecular weight excluding hydrogens is 318 g/mol. The highest BCUT2D eigenvalue weighted by molar-refractivity contribution is 5.80. The molecule has 0 spiro atoms. The molecule has 0 unspecified atom stereocenters. The molecule has 0 aliphatic rings. The average molecular weight is 341 g/mol. The molecule has 0 fully saturated rings. The Bertz CT molecular complexity index is 958. The van der Waals surface area contributed by atoms with Crippen molar-refractivity contribution >= 4 is 16.7 Å². The SMILES string of the molecule is CCCOc1ccc(N)cc1-c1nc2c(CCC)nn(C)c2c(=O)[nH]1. The molecule has 3 aromatic rings. The number of anilines is 1. The lowest BCUT2D eigenvalue weighted by Gasteiger charge is -2.11. The number of aryl methyl sites for hydroxylation is 2. The van der Waals surface area contributed by atoms with E-state index < -0.39 is 0 Å². The number of hydrogen-bond donors (Lipinski definition) is 2. The van der Waals surface area contributed by atoms with Gasteiger partial charge in [-0.25, -0.2) is 4.98 Å². The predicted molar refractivity (Wildman–Crippen MR) is 98.8 cm³/mol. The summed E-state index contributed by atoms with van der Waals surface area (Å²) in [5.41, 5.74) is 8.91. The molecule has 3 N–H and O–H groups in total. The molecule has 0 atom stereocenters. The second-order valence-corrected chi connectivity index (χ2v) is 6.04. The van der Waals surface area contributed by atoms with E-state index in [1.165, 1.54) is 0 Å². The summed E-state index contributed by atoms with van der Waals surface area (Å²) in [4.78, 5) is 20.1. The van der Waals surface area contributed by atoms with Crippen LogP contribution in [0.2, 0.25) is 0 Å². The number of nitrogens with two attached hydrogens (primary N) is 1. The molecule has 2 aromatic heterocycles. The number of aromatic amines is 1. The fraction of sp³-hybridized carbons (Fsp3) is 0.389. The standard InChI is InChI=1S/C18H23N5O2/c1-4-6-13-15-16(23(3)22-13)18(24)21-17(20-15)12-10-11(19)7-8-14(12)25-9-5-2/h7-8,10H,4-6,9,19H2,1-3H3,(H,20,21,24). The van der Waals surface area contributed by atoms with E-state index >= 15 is 0 Å². The zero-order valence-electron chi connectivity index (χ0n) is 14.8. The number of benzene rings is 1. The minimum absolute atomic E-state index is 0.221. The number of ether oxygens (including phenoxy) is 1. The molecular formula is C18H23N5O2. The Labute approximate surface area is 145 Å². The summed E-state index contributed by atoms with van der Waals surface area (Å²) in [6.45, 7) is 4.69. The third-order valence-corrected chi connectivity index (χ3v) is 3.97. The van der Waals surface area contributed by atoms with Gasteiger partial charge in [0, 0.05) is 12.7 Å². The molecule has 0 saturated carbocycles. The number of rotatable bonds is 6. The molecule has 0 radical (unpaired) electrons. The van der Waals surface area contributed by atoms with Crippen molar-refractivity contribution in [1.29, 1.82) is 0 Å². The molecule has 2 heterocycles. The first-order valence-corrected chi connectivity index (χ1v) is 8.53. The summed E-state index contributed by atoms with van der Waals surface area (Å²) in [7, 11) is 1.76. The van der Waals surface area contributed by atoms with Crippen LogP contribution >= 0.6 is 0 Å². The van der Waals surface area contributed by atoms with Crippen molar-refractivity contribution in [2.45, 2.75) is 33.1 Å². The summed E-state index contributed by atoms with van der Waals surface area (Å²) in [6, 6.07) is 5.35. The van der Waals surface area contributed by atoms with Gasteiger partial charge in [0.25, 0.3) is 5.56 Å². The van der Waals surface area contributed by atoms with Crippen molar-refractivity contribution in [1.82, 2.24) is 19.7 Å². The smallest absolute Gasteiger partial charge is 0.277 e. The minimum Gasteiger partial charge on any atom is -0.493 e. The zero-order valence-corrected chi connectivity index (χ0v) is 14.8. The van der Waals surface area contributed by atoms with Crippen LogP contribution in [0, 0.1) is 0 Å². The third kappa shape index (κ3) is 3.22. The average Bonchev–Trinajstić information content (AvgIpc) is 2.90. The monoisotopic (exact) mass is 341 g/mol. The van der Waals surface area contributed by atoms with Crippen molar-refractivity contribution in [3.8, 4) is 17.1 Å². The first kappa shape index (κ1) is 17.0. The van der Waals surface area contributed by atoms with E-state index in [4.69, 9.17) is 10.5 Å². The van der Waals surface area contributed by atoms with Gasteiger partial charge in [0.15, 0.2) is 5.52 Å². The Hall–Kier alpha value is -2.83. The molecule has 0 saturated heterocycles. The van der Waals surface area contributed by atoms with Crippen LogP contribution in [0.3, 0.4) is 0 Å². The van der Waals surface area contributed by atoms with Gasteiger partial charge in [-0.15, -0.1) is 0 Å². The van der Waals surface area contributed by atoms with E-state index in [2.05, 4.69) is 22.0 Å². The zero-order chi connectivity index (χ0) is 18.0. The van der Waals surface area contributed by atoms with Gasteiger partial charge in [-0.3, -0.25) is 9.48 Å². The molecule has 0 aliphatic heterocycles. The molecule has 3 rings (SSSR count). The first-order valence-electron chi connectivity index (χ1n) is 8.53. The second kappa shape index (κ2) is 6.96. The Kier molecular flexibility index (Phi) is 4.74. The van der Waals surface area contributed by atoms with Gasteiger partial charge in [-0.05, 0) is 31.0 Å². The summed E-state index contributed by atoms with van der Waals surface area (Å²) >= 11 is 0. The lowest BCUT2D eigenvalue weighted by Crippen LogP contribution is -2.13. The molecule has 132 valence electrons. The predicted octanol–water partition coefficient (Wildman–Crippen LogP) is 2.65. The fourth-order valence-electron chi connectivity index (χ4n) is 2.85. The van der Waals surface area contributed by atoms with Crippen molar-refractivity contribution < 1.29 is 4.74 Å². The van der Waals surface area contributed by atoms with E-state index in [-0.39, 0.29) is 5.56 Å². The first-order chi connectivity index (χ1) is 12.0. The van der Waals surface area contributed by atoms with Gasteiger partial charge in [-0.1, -0.05) is 20.3 Å². The van der Waals surface area contributed by atoms with Crippen LogP contribution in [0.5, 0.6) is 5.75 Å². The van der Waals surface area contributed by atoms with Gasteiger partial charge >= 0.3 is 0 Å². The highest BCUT2D eigenvalue weighted by Gasteiger charge is 2.17. The molecule has 7 heteroatoms. The van der Waals surface area contributed by atoms with E-state index in [9.17, 15) is 4.79 Å². The van der Waals surface area contributed by atoms with Crippen LogP contribution in [0.4, 0.5) is 5.69 Å². The van der Waals surface area contributed by atoms with Crippen LogP contribution in [-0.4, -0.2) is 26.4 Å². The van der Waals surface area contributed by atoms with Crippen molar-refractivity contribution in [3.05, 3.63) is 34.2 Å². The fourth-order valence-corrected chi connectivity index (χ4v) is 2.85. The molecule has 25 heavy (non-hydrogen) atoms. The second-order valence-electron chi connectivity index (χ2n) is 6.04. The normalized spacial score (nSPS) is 11.2. The van der Waals surface area contributed by atoms with E-state index in [0.717, 1.165) is 25.0 Å². The molecule has 1 aromatic carbocycles. The number of hydrogen-bond acceptors (Lipinski definition) is 5. The Morgan fingerprint density at radius 1 is 1.28 bits per heavy atom. The molecule has 7 nitrogen and oxygen atoms in total. The highest BCUT2D eigenvalue weighted by Crippen LogP contribution is 2.30. The number of fused-ring (bicyclic) bond motifs is 1. The Morgan fingerprint density at radius 2 is 2.08 bits per heavy atom. The van der Waals surface area contributed by atoms with Crippen molar-refractivity contribution in [2.24, 2.45) is 7.05 Å². The van der Waals surface area contributed by atoms with Crippen molar-refractivity contribution in [2.75, 3.05) is 12.3 Å². The Balaban J connectivity index is 2.21. The summed E-state index contributed by atoms with van der Waals surface area (Å²) < 4.78 is 7.38. The van der Waals surface area contributed by atoms with Gasteiger partial charge < -0.3 is 15.5 Å². The topological polar surface area (TPSA) is 98.8 Å². The number of H-pyrrole nitrogens is 1. The number of nitrogen functional groups attached to an aromatic ring is 1. The molecule has 0 amide bonds. The van der Waals surface area contributed by atoms with E-state index in [0.29, 0.717) is 40.5 Å². The van der Waals surface area contributed by atoms with E-state index in [1.807, 2.05) is 6.92 Å². The lowest BCUT2D eigenvalue weighted by molar-refractivity contribution is 0.318. The summed E-state index contributed by atoms with van der Waals surface area (Å²) in [5, 5.41) is 4.44. The maximum atomic E-state index is 12.6. The van der Waals surface area contributed by atoms with Crippen LogP contribution < -0.4 is 16.0 Å². The van der Waals surface area contributed by atoms with Crippen LogP contribution in [-0.2, 0) is 13.5 Å². The van der Waals surface area contributed by atoms with Gasteiger partial charge in [-0.2, -0.15) is 5.10 Å². The maximum absolute atomic E-state index is 12.6. The highest BCUT2D eigenvalue weighted by atomic mass is 16.5. The lowest BCUT2D eigenvalue weighted by atomic mass is 10.1. The van der Waals surface area contributed by atoms with Gasteiger partial charge in [0.05, 0.1) is 17.9 Å². The summed E-state index contributed by atoms with van der Waals surface area (Å²) in [6.07, 6.45) is 2.58. The van der Waals surface area contributed by atoms with E-state index in [1.54, 1.807) is 29.9 Å². The quantitative estimate of drug-likeness (QED) is 0.672. The minimum atomic E-state index is -0.221. The number of nitrogens with one attached hydrogen (secondary N) is 1. The van der Waals surface area contributed by atoms with Crippen LogP contribution in [0.1, 0.15) is 32.4 Å². The summed E-state index contributed by atoms with van der Waals surface area (Å²) in [5.74, 6) is 1.10. The van der Waals surface area contributed by atoms with Crippen molar-refractivity contribution in [3.63, 3.8) is 0 Å². The van der Waals surface area contributed by atoms with Gasteiger partial charge in [0.2, 0.25) is 0 Å². The molecule has 0 aliphatic carbocycles.